The van der Waals surface area contributed by atoms with Gasteiger partial charge in [0.2, 0.25) is 5.76 Å². The molecule has 0 saturated heterocycles. The molecule has 2 aromatic heterocycles. The normalized spacial score (nSPS) is 10.8. The molecule has 0 atom stereocenters. The maximum atomic E-state index is 10.8. The molecule has 0 amide bonds. The molecule has 0 bridgehead atoms. The number of thioether (sulfide) groups is 1. The Morgan fingerprint density at radius 1 is 1.42 bits per heavy atom. The van der Waals surface area contributed by atoms with Crippen molar-refractivity contribution < 1.29 is 19.1 Å². The van der Waals surface area contributed by atoms with Gasteiger partial charge in [-0.15, -0.1) is 0 Å². The standard InChI is InChI=1S/C16H21N3O4S/c1-4-7-19(2)14-8-11(9-22-3)17-16(18-14)24-10-12-5-6-13(23-12)15(20)21/h5-6,8H,4,7,9-10H2,1-3H3,(H,20,21). The fourth-order valence-corrected chi connectivity index (χ4v) is 2.86. The second kappa shape index (κ2) is 8.70. The van der Waals surface area contributed by atoms with Crippen LogP contribution in [-0.2, 0) is 17.1 Å². The van der Waals surface area contributed by atoms with Gasteiger partial charge in [0.25, 0.3) is 0 Å². The Morgan fingerprint density at radius 3 is 2.83 bits per heavy atom. The first-order valence-corrected chi connectivity index (χ1v) is 8.55. The van der Waals surface area contributed by atoms with E-state index in [4.69, 9.17) is 14.3 Å². The molecule has 2 rings (SSSR count). The lowest BCUT2D eigenvalue weighted by atomic mass is 10.3. The minimum absolute atomic E-state index is 0.0666. The lowest BCUT2D eigenvalue weighted by Crippen LogP contribution is -2.20. The number of aromatic nitrogens is 2. The predicted molar refractivity (Wildman–Crippen MR) is 91.5 cm³/mol. The number of rotatable bonds is 9. The van der Waals surface area contributed by atoms with Crippen LogP contribution < -0.4 is 4.90 Å². The molecule has 2 heterocycles. The van der Waals surface area contributed by atoms with E-state index in [1.54, 1.807) is 13.2 Å². The number of nitrogens with zero attached hydrogens (tertiary/aromatic N) is 3. The van der Waals surface area contributed by atoms with Gasteiger partial charge >= 0.3 is 5.97 Å². The Labute approximate surface area is 145 Å². The average Bonchev–Trinajstić information content (AvgIpc) is 3.02. The second-order valence-corrected chi connectivity index (χ2v) is 6.16. The van der Waals surface area contributed by atoms with E-state index in [-0.39, 0.29) is 5.76 Å². The zero-order valence-electron chi connectivity index (χ0n) is 14.0. The Hall–Kier alpha value is -2.06. The summed E-state index contributed by atoms with van der Waals surface area (Å²) in [5.74, 6) is 0.727. The van der Waals surface area contributed by atoms with Crippen LogP contribution in [0.3, 0.4) is 0 Å². The Balaban J connectivity index is 2.13. The van der Waals surface area contributed by atoms with Crippen LogP contribution in [0.4, 0.5) is 5.82 Å². The zero-order chi connectivity index (χ0) is 17.5. The number of furan rings is 1. The molecule has 130 valence electrons. The predicted octanol–water partition coefficient (Wildman–Crippen LogP) is 3.05. The highest BCUT2D eigenvalue weighted by Crippen LogP contribution is 2.24. The third-order valence-corrected chi connectivity index (χ3v) is 4.07. The molecule has 0 aliphatic rings. The third kappa shape index (κ3) is 4.97. The second-order valence-electron chi connectivity index (χ2n) is 5.21. The molecule has 24 heavy (non-hydrogen) atoms. The maximum Gasteiger partial charge on any atom is 0.371 e. The van der Waals surface area contributed by atoms with Gasteiger partial charge in [-0.1, -0.05) is 18.7 Å². The number of methoxy groups -OCH3 is 1. The minimum atomic E-state index is -1.08. The molecule has 8 heteroatoms. The van der Waals surface area contributed by atoms with Gasteiger partial charge in [0.1, 0.15) is 11.6 Å². The summed E-state index contributed by atoms with van der Waals surface area (Å²) in [7, 11) is 3.61. The Kier molecular flexibility index (Phi) is 6.62. The van der Waals surface area contributed by atoms with E-state index in [2.05, 4.69) is 21.8 Å². The lowest BCUT2D eigenvalue weighted by molar-refractivity contribution is 0.0661. The molecule has 0 aliphatic carbocycles. The molecule has 0 aliphatic heterocycles. The Bertz CT molecular complexity index is 690. The van der Waals surface area contributed by atoms with Gasteiger partial charge in [0.15, 0.2) is 5.16 Å². The zero-order valence-corrected chi connectivity index (χ0v) is 14.8. The summed E-state index contributed by atoms with van der Waals surface area (Å²) in [6.45, 7) is 3.42. The molecule has 1 N–H and O–H groups in total. The first-order chi connectivity index (χ1) is 11.5. The van der Waals surface area contributed by atoms with Gasteiger partial charge in [0.05, 0.1) is 18.1 Å². The number of aromatic carboxylic acids is 1. The van der Waals surface area contributed by atoms with E-state index in [9.17, 15) is 4.79 Å². The summed E-state index contributed by atoms with van der Waals surface area (Å²) in [6, 6.07) is 5.01. The van der Waals surface area contributed by atoms with Gasteiger partial charge in [-0.2, -0.15) is 0 Å². The first-order valence-electron chi connectivity index (χ1n) is 7.56. The third-order valence-electron chi connectivity index (χ3n) is 3.20. The van der Waals surface area contributed by atoms with Crippen molar-refractivity contribution in [1.29, 1.82) is 0 Å². The monoisotopic (exact) mass is 351 g/mol. The summed E-state index contributed by atoms with van der Waals surface area (Å²) in [6.07, 6.45) is 1.02. The van der Waals surface area contributed by atoms with Crippen LogP contribution >= 0.6 is 11.8 Å². The highest BCUT2D eigenvalue weighted by molar-refractivity contribution is 7.98. The van der Waals surface area contributed by atoms with Gasteiger partial charge in [-0.25, -0.2) is 14.8 Å². The molecule has 2 aromatic rings. The molecule has 0 radical (unpaired) electrons. The van der Waals surface area contributed by atoms with Crippen molar-refractivity contribution in [2.24, 2.45) is 0 Å². The van der Waals surface area contributed by atoms with Gasteiger partial charge < -0.3 is 19.2 Å². The molecule has 0 fully saturated rings. The van der Waals surface area contributed by atoms with Crippen molar-refractivity contribution in [1.82, 2.24) is 9.97 Å². The topological polar surface area (TPSA) is 88.7 Å². The summed E-state index contributed by atoms with van der Waals surface area (Å²) in [5, 5.41) is 9.49. The average molecular weight is 351 g/mol. The number of hydrogen-bond donors (Lipinski definition) is 1. The van der Waals surface area contributed by atoms with E-state index in [1.165, 1.54) is 17.8 Å². The van der Waals surface area contributed by atoms with Crippen LogP contribution in [-0.4, -0.2) is 41.7 Å². The fourth-order valence-electron chi connectivity index (χ4n) is 2.10. The maximum absolute atomic E-state index is 10.8. The van der Waals surface area contributed by atoms with Crippen molar-refractivity contribution >= 4 is 23.5 Å². The fraction of sp³-hybridized carbons (Fsp3) is 0.438. The molecule has 0 aromatic carbocycles. The van der Waals surface area contributed by atoms with Crippen LogP contribution in [0.2, 0.25) is 0 Å². The number of hydrogen-bond acceptors (Lipinski definition) is 7. The molecule has 7 nitrogen and oxygen atoms in total. The molecule has 0 spiro atoms. The summed E-state index contributed by atoms with van der Waals surface area (Å²) < 4.78 is 10.4. The highest BCUT2D eigenvalue weighted by Gasteiger charge is 2.12. The van der Waals surface area contributed by atoms with Crippen molar-refractivity contribution in [3.8, 4) is 0 Å². The van der Waals surface area contributed by atoms with E-state index in [0.717, 1.165) is 24.5 Å². The highest BCUT2D eigenvalue weighted by atomic mass is 32.2. The quantitative estimate of drug-likeness (QED) is 0.545. The van der Waals surface area contributed by atoms with Gasteiger partial charge in [0, 0.05) is 26.8 Å². The van der Waals surface area contributed by atoms with Crippen LogP contribution in [0.25, 0.3) is 0 Å². The van der Waals surface area contributed by atoms with Crippen molar-refractivity contribution in [2.75, 3.05) is 25.6 Å². The van der Waals surface area contributed by atoms with E-state index < -0.39 is 5.97 Å². The number of anilines is 1. The van der Waals surface area contributed by atoms with Crippen LogP contribution in [0, 0.1) is 0 Å². The number of carboxylic acid groups (broad SMARTS) is 1. The van der Waals surface area contributed by atoms with Crippen LogP contribution in [0.1, 0.15) is 35.4 Å². The molecule has 0 unspecified atom stereocenters. The Morgan fingerprint density at radius 2 is 2.21 bits per heavy atom. The van der Waals surface area contributed by atoms with Crippen molar-refractivity contribution in [3.05, 3.63) is 35.4 Å². The molecule has 0 saturated carbocycles. The number of carbonyl (C=O) groups is 1. The molecular weight excluding hydrogens is 330 g/mol. The summed E-state index contributed by atoms with van der Waals surface area (Å²) in [4.78, 5) is 21.9. The van der Waals surface area contributed by atoms with E-state index in [0.29, 0.717) is 23.3 Å². The summed E-state index contributed by atoms with van der Waals surface area (Å²) >= 11 is 1.40. The van der Waals surface area contributed by atoms with Crippen molar-refractivity contribution in [3.63, 3.8) is 0 Å². The summed E-state index contributed by atoms with van der Waals surface area (Å²) in [5.41, 5.74) is 0.804. The van der Waals surface area contributed by atoms with Gasteiger partial charge in [-0.05, 0) is 18.6 Å². The SMILES string of the molecule is CCCN(C)c1cc(COC)nc(SCc2ccc(C(=O)O)o2)n1. The number of ether oxygens (including phenoxy) is 1. The van der Waals surface area contributed by atoms with E-state index in [1.807, 2.05) is 13.1 Å². The van der Waals surface area contributed by atoms with E-state index >= 15 is 0 Å². The van der Waals surface area contributed by atoms with Crippen molar-refractivity contribution in [2.45, 2.75) is 30.9 Å². The minimum Gasteiger partial charge on any atom is -0.475 e. The number of carboxylic acids is 1. The molecular formula is C16H21N3O4S. The smallest absolute Gasteiger partial charge is 0.371 e. The first kappa shape index (κ1) is 18.3. The largest absolute Gasteiger partial charge is 0.475 e. The lowest BCUT2D eigenvalue weighted by Gasteiger charge is -2.18. The van der Waals surface area contributed by atoms with Crippen LogP contribution in [0.5, 0.6) is 0 Å². The van der Waals surface area contributed by atoms with Gasteiger partial charge in [-0.3, -0.25) is 0 Å². The van der Waals surface area contributed by atoms with Crippen LogP contribution in [0.15, 0.2) is 27.8 Å².